The summed E-state index contributed by atoms with van der Waals surface area (Å²) in [6.07, 6.45) is 1.11. The molecule has 0 fully saturated rings. The first-order valence-corrected chi connectivity index (χ1v) is 9.80. The van der Waals surface area contributed by atoms with Crippen LogP contribution in [0.5, 0.6) is 5.75 Å². The van der Waals surface area contributed by atoms with Crippen LogP contribution < -0.4 is 5.32 Å². The fourth-order valence-electron chi connectivity index (χ4n) is 3.02. The maximum Gasteiger partial charge on any atom is 0.329 e. The molecule has 0 aliphatic rings. The predicted molar refractivity (Wildman–Crippen MR) is 117 cm³/mol. The number of hydrogen-bond acceptors (Lipinski definition) is 4. The van der Waals surface area contributed by atoms with Gasteiger partial charge >= 0.3 is 5.97 Å². The fraction of sp³-hybridized carbons (Fsp3) is 0.130. The van der Waals surface area contributed by atoms with E-state index in [1.54, 1.807) is 25.1 Å². The van der Waals surface area contributed by atoms with Crippen LogP contribution in [-0.2, 0) is 4.79 Å². The zero-order valence-electron chi connectivity index (χ0n) is 16.3. The molecule has 0 unspecified atom stereocenters. The van der Waals surface area contributed by atoms with E-state index in [9.17, 15) is 14.7 Å². The van der Waals surface area contributed by atoms with Gasteiger partial charge in [-0.1, -0.05) is 48.2 Å². The summed E-state index contributed by atoms with van der Waals surface area (Å²) in [5, 5.41) is 23.9. The van der Waals surface area contributed by atoms with E-state index in [4.69, 9.17) is 5.11 Å². The number of carbonyl (C=O) groups excluding carboxylic acids is 1. The Bertz CT molecular complexity index is 1150. The molecule has 3 aromatic rings. The lowest BCUT2D eigenvalue weighted by Crippen LogP contribution is -2.13. The van der Waals surface area contributed by atoms with E-state index < -0.39 is 11.9 Å². The molecule has 0 saturated carbocycles. The highest BCUT2D eigenvalue weighted by molar-refractivity contribution is 8.03. The molecule has 3 rings (SSSR count). The van der Waals surface area contributed by atoms with Crippen molar-refractivity contribution in [1.29, 1.82) is 0 Å². The largest absolute Gasteiger partial charge is 0.506 e. The Morgan fingerprint density at radius 3 is 2.41 bits per heavy atom. The molecule has 0 atom stereocenters. The Labute approximate surface area is 173 Å². The number of benzene rings is 3. The van der Waals surface area contributed by atoms with Crippen LogP contribution in [0.3, 0.4) is 0 Å². The summed E-state index contributed by atoms with van der Waals surface area (Å²) in [7, 11) is 0. The Morgan fingerprint density at radius 2 is 1.72 bits per heavy atom. The van der Waals surface area contributed by atoms with Crippen LogP contribution in [0, 0.1) is 13.8 Å². The number of aromatic hydroxyl groups is 1. The van der Waals surface area contributed by atoms with Crippen LogP contribution in [0.4, 0.5) is 5.69 Å². The standard InChI is InChI=1S/C23H21NO4S/c1-13-8-9-14(2)19(10-13)24-23(28)18-12-20(29-15(3)11-21(25)26)16-6-4-5-7-17(16)22(18)27/h4-12,27H,1-3H3,(H,24,28)(H,25,26)/b15-11+. The van der Waals surface area contributed by atoms with Crippen LogP contribution in [0.1, 0.15) is 28.4 Å². The van der Waals surface area contributed by atoms with Gasteiger partial charge in [0.25, 0.3) is 5.91 Å². The van der Waals surface area contributed by atoms with E-state index >= 15 is 0 Å². The average molecular weight is 407 g/mol. The highest BCUT2D eigenvalue weighted by Crippen LogP contribution is 2.39. The van der Waals surface area contributed by atoms with E-state index in [1.807, 2.05) is 44.2 Å². The molecule has 5 nitrogen and oxygen atoms in total. The van der Waals surface area contributed by atoms with Crippen LogP contribution in [0.15, 0.2) is 64.4 Å². The van der Waals surface area contributed by atoms with Gasteiger partial charge in [0.15, 0.2) is 0 Å². The van der Waals surface area contributed by atoms with Crippen LogP contribution >= 0.6 is 11.8 Å². The minimum absolute atomic E-state index is 0.104. The van der Waals surface area contributed by atoms with Crippen molar-refractivity contribution in [2.45, 2.75) is 25.7 Å². The SMILES string of the molecule is C/C(=C\C(=O)O)Sc1cc(C(=O)Nc2cc(C)ccc2C)c(O)c2ccccc12. The summed E-state index contributed by atoms with van der Waals surface area (Å²) in [6, 6.07) is 14.5. The second kappa shape index (κ2) is 8.41. The van der Waals surface area contributed by atoms with Gasteiger partial charge < -0.3 is 15.5 Å². The van der Waals surface area contributed by atoms with Gasteiger partial charge in [-0.2, -0.15) is 0 Å². The minimum atomic E-state index is -1.04. The van der Waals surface area contributed by atoms with Crippen LogP contribution in [0.2, 0.25) is 0 Å². The highest BCUT2D eigenvalue weighted by Gasteiger charge is 2.18. The number of hydrogen-bond donors (Lipinski definition) is 3. The zero-order chi connectivity index (χ0) is 21.1. The van der Waals surface area contributed by atoms with Gasteiger partial charge in [-0.3, -0.25) is 4.79 Å². The smallest absolute Gasteiger partial charge is 0.329 e. The van der Waals surface area contributed by atoms with E-state index in [1.165, 1.54) is 11.8 Å². The van der Waals surface area contributed by atoms with Crippen molar-refractivity contribution >= 4 is 40.1 Å². The number of carboxylic acid groups (broad SMARTS) is 1. The van der Waals surface area contributed by atoms with E-state index in [2.05, 4.69) is 5.32 Å². The number of aryl methyl sites for hydroxylation is 2. The summed E-state index contributed by atoms with van der Waals surface area (Å²) >= 11 is 1.24. The molecule has 0 saturated heterocycles. The lowest BCUT2D eigenvalue weighted by atomic mass is 10.0. The number of carboxylic acids is 1. The number of nitrogens with one attached hydrogen (secondary N) is 1. The van der Waals surface area contributed by atoms with Gasteiger partial charge in [-0.05, 0) is 54.3 Å². The molecule has 6 heteroatoms. The number of allylic oxidation sites excluding steroid dienone is 1. The van der Waals surface area contributed by atoms with Crippen molar-refractivity contribution in [2.75, 3.05) is 5.32 Å². The van der Waals surface area contributed by atoms with E-state index in [0.717, 1.165) is 22.6 Å². The van der Waals surface area contributed by atoms with Gasteiger partial charge in [0.1, 0.15) is 5.75 Å². The summed E-state index contributed by atoms with van der Waals surface area (Å²) in [5.74, 6) is -1.57. The number of carbonyl (C=O) groups is 2. The van der Waals surface area contributed by atoms with Crippen LogP contribution in [0.25, 0.3) is 10.8 Å². The number of phenols is 1. The van der Waals surface area contributed by atoms with Crippen molar-refractivity contribution in [2.24, 2.45) is 0 Å². The highest BCUT2D eigenvalue weighted by atomic mass is 32.2. The molecular weight excluding hydrogens is 386 g/mol. The number of rotatable bonds is 5. The Morgan fingerprint density at radius 1 is 1.03 bits per heavy atom. The molecule has 0 radical (unpaired) electrons. The lowest BCUT2D eigenvalue weighted by Gasteiger charge is -2.14. The van der Waals surface area contributed by atoms with Gasteiger partial charge in [-0.15, -0.1) is 0 Å². The maximum atomic E-state index is 13.0. The third kappa shape index (κ3) is 4.60. The van der Waals surface area contributed by atoms with Gasteiger partial charge in [0, 0.05) is 22.0 Å². The third-order valence-electron chi connectivity index (χ3n) is 4.46. The van der Waals surface area contributed by atoms with Gasteiger partial charge in [0.2, 0.25) is 0 Å². The molecular formula is C23H21NO4S. The summed E-state index contributed by atoms with van der Waals surface area (Å²) in [5.41, 5.74) is 2.74. The molecule has 0 aliphatic carbocycles. The predicted octanol–water partition coefficient (Wildman–Crippen LogP) is 5.50. The molecule has 3 aromatic carbocycles. The monoisotopic (exact) mass is 407 g/mol. The summed E-state index contributed by atoms with van der Waals surface area (Å²) in [6.45, 7) is 5.53. The quantitative estimate of drug-likeness (QED) is 0.384. The molecule has 0 aromatic heterocycles. The average Bonchev–Trinajstić information content (AvgIpc) is 2.66. The first-order chi connectivity index (χ1) is 13.8. The maximum absolute atomic E-state index is 13.0. The second-order valence-corrected chi connectivity index (χ2v) is 8.07. The molecule has 3 N–H and O–H groups in total. The first kappa shape index (κ1) is 20.5. The summed E-state index contributed by atoms with van der Waals surface area (Å²) < 4.78 is 0. The molecule has 0 spiro atoms. The number of thioether (sulfide) groups is 1. The van der Waals surface area contributed by atoms with Crippen molar-refractivity contribution in [3.63, 3.8) is 0 Å². The molecule has 0 bridgehead atoms. The topological polar surface area (TPSA) is 86.6 Å². The Kier molecular flexibility index (Phi) is 5.94. The lowest BCUT2D eigenvalue weighted by molar-refractivity contribution is -0.131. The summed E-state index contributed by atoms with van der Waals surface area (Å²) in [4.78, 5) is 25.2. The van der Waals surface area contributed by atoms with E-state index in [-0.39, 0.29) is 11.3 Å². The minimum Gasteiger partial charge on any atom is -0.506 e. The number of fused-ring (bicyclic) bond motifs is 1. The van der Waals surface area contributed by atoms with Gasteiger partial charge in [-0.25, -0.2) is 4.79 Å². The van der Waals surface area contributed by atoms with Crippen LogP contribution in [-0.4, -0.2) is 22.1 Å². The molecule has 148 valence electrons. The van der Waals surface area contributed by atoms with Gasteiger partial charge in [0.05, 0.1) is 5.56 Å². The normalized spacial score (nSPS) is 11.5. The van der Waals surface area contributed by atoms with E-state index in [0.29, 0.717) is 20.9 Å². The van der Waals surface area contributed by atoms with Crippen molar-refractivity contribution in [1.82, 2.24) is 0 Å². The molecule has 0 aliphatic heterocycles. The van der Waals surface area contributed by atoms with Crippen molar-refractivity contribution < 1.29 is 19.8 Å². The molecule has 0 heterocycles. The number of anilines is 1. The zero-order valence-corrected chi connectivity index (χ0v) is 17.1. The Hall–Kier alpha value is -3.25. The number of aliphatic carboxylic acids is 1. The number of amides is 1. The molecule has 29 heavy (non-hydrogen) atoms. The molecule has 1 amide bonds. The first-order valence-electron chi connectivity index (χ1n) is 8.98. The third-order valence-corrected chi connectivity index (χ3v) is 5.46. The Balaban J connectivity index is 2.07. The fourth-order valence-corrected chi connectivity index (χ4v) is 3.99. The van der Waals surface area contributed by atoms with Crippen molar-refractivity contribution in [3.05, 3.63) is 76.2 Å². The number of phenolic OH excluding ortho intramolecular Hbond substituents is 1. The van der Waals surface area contributed by atoms with Crippen molar-refractivity contribution in [3.8, 4) is 5.75 Å². The second-order valence-electron chi connectivity index (χ2n) is 6.78.